The zero-order chi connectivity index (χ0) is 21.1. The molecule has 1 amide bonds. The summed E-state index contributed by atoms with van der Waals surface area (Å²) < 4.78 is 12.2. The van der Waals surface area contributed by atoms with Crippen LogP contribution in [0.3, 0.4) is 0 Å². The van der Waals surface area contributed by atoms with Crippen LogP contribution in [0.2, 0.25) is 0 Å². The number of benzene rings is 2. The van der Waals surface area contributed by atoms with E-state index < -0.39 is 0 Å². The predicted molar refractivity (Wildman–Crippen MR) is 119 cm³/mol. The number of aliphatic hydroxyl groups excluding tert-OH is 1. The molecule has 29 heavy (non-hydrogen) atoms. The molecular formula is C22H29BrN2O4. The standard InChI is InChI=1S/C22H29BrN2O4/c1-3-28-20-13-17(14-24-10-4-5-11-26)12-19(23)22(20)29-15-21(27)25-18-8-6-16(2)7-9-18/h6-9,12-13,24,26H,3-5,10-11,14-15H2,1-2H3,(H,25,27). The number of ether oxygens (including phenoxy) is 2. The summed E-state index contributed by atoms with van der Waals surface area (Å²) >= 11 is 3.53. The van der Waals surface area contributed by atoms with Crippen LogP contribution >= 0.6 is 15.9 Å². The zero-order valence-electron chi connectivity index (χ0n) is 17.0. The summed E-state index contributed by atoms with van der Waals surface area (Å²) in [6, 6.07) is 11.5. The first-order valence-electron chi connectivity index (χ1n) is 9.79. The van der Waals surface area contributed by atoms with E-state index in [2.05, 4.69) is 26.6 Å². The lowest BCUT2D eigenvalue weighted by Crippen LogP contribution is -2.20. The van der Waals surface area contributed by atoms with E-state index in [4.69, 9.17) is 14.6 Å². The van der Waals surface area contributed by atoms with Crippen LogP contribution in [0.1, 0.15) is 30.9 Å². The average Bonchev–Trinajstić information content (AvgIpc) is 2.69. The number of aliphatic hydroxyl groups is 1. The lowest BCUT2D eigenvalue weighted by molar-refractivity contribution is -0.118. The minimum absolute atomic E-state index is 0.120. The van der Waals surface area contributed by atoms with Gasteiger partial charge in [-0.25, -0.2) is 0 Å². The smallest absolute Gasteiger partial charge is 0.262 e. The molecule has 0 saturated carbocycles. The van der Waals surface area contributed by atoms with Gasteiger partial charge in [0, 0.05) is 18.8 Å². The van der Waals surface area contributed by atoms with Crippen molar-refractivity contribution in [2.24, 2.45) is 0 Å². The Labute approximate surface area is 180 Å². The third kappa shape index (κ3) is 8.04. The first kappa shape index (κ1) is 23.2. The Balaban J connectivity index is 1.97. The van der Waals surface area contributed by atoms with Crippen molar-refractivity contribution >= 4 is 27.5 Å². The number of unbranched alkanes of at least 4 members (excludes halogenated alkanes) is 1. The molecule has 0 heterocycles. The Morgan fingerprint density at radius 2 is 1.90 bits per heavy atom. The Hall–Kier alpha value is -2.09. The van der Waals surface area contributed by atoms with E-state index in [0.717, 1.165) is 40.7 Å². The second-order valence-corrected chi connectivity index (χ2v) is 7.50. The van der Waals surface area contributed by atoms with Crippen molar-refractivity contribution in [1.82, 2.24) is 5.32 Å². The van der Waals surface area contributed by atoms with Crippen molar-refractivity contribution < 1.29 is 19.4 Å². The molecule has 0 aromatic heterocycles. The minimum Gasteiger partial charge on any atom is -0.490 e. The van der Waals surface area contributed by atoms with E-state index >= 15 is 0 Å². The number of hydrogen-bond donors (Lipinski definition) is 3. The maximum Gasteiger partial charge on any atom is 0.262 e. The number of rotatable bonds is 12. The summed E-state index contributed by atoms with van der Waals surface area (Å²) in [6.45, 7) is 6.00. The molecule has 158 valence electrons. The van der Waals surface area contributed by atoms with Gasteiger partial charge < -0.3 is 25.2 Å². The molecule has 3 N–H and O–H groups in total. The summed E-state index contributed by atoms with van der Waals surface area (Å²) in [5, 5.41) is 15.0. The number of hydrogen-bond acceptors (Lipinski definition) is 5. The largest absolute Gasteiger partial charge is 0.490 e. The lowest BCUT2D eigenvalue weighted by atomic mass is 10.2. The number of halogens is 1. The van der Waals surface area contributed by atoms with Gasteiger partial charge in [-0.1, -0.05) is 17.7 Å². The quantitative estimate of drug-likeness (QED) is 0.413. The normalized spacial score (nSPS) is 10.6. The molecule has 0 aliphatic carbocycles. The maximum atomic E-state index is 12.2. The highest BCUT2D eigenvalue weighted by Crippen LogP contribution is 2.37. The van der Waals surface area contributed by atoms with Gasteiger partial charge in [0.25, 0.3) is 5.91 Å². The van der Waals surface area contributed by atoms with Crippen molar-refractivity contribution in [3.63, 3.8) is 0 Å². The molecule has 0 fully saturated rings. The monoisotopic (exact) mass is 464 g/mol. The van der Waals surface area contributed by atoms with Crippen LogP contribution in [0.15, 0.2) is 40.9 Å². The summed E-state index contributed by atoms with van der Waals surface area (Å²) in [7, 11) is 0. The molecule has 0 unspecified atom stereocenters. The molecule has 0 spiro atoms. The molecule has 2 rings (SSSR count). The van der Waals surface area contributed by atoms with Crippen LogP contribution in [-0.2, 0) is 11.3 Å². The highest BCUT2D eigenvalue weighted by Gasteiger charge is 2.14. The summed E-state index contributed by atoms with van der Waals surface area (Å²) in [6.07, 6.45) is 1.71. The van der Waals surface area contributed by atoms with Gasteiger partial charge in [0.1, 0.15) is 0 Å². The second kappa shape index (κ2) is 12.5. The summed E-state index contributed by atoms with van der Waals surface area (Å²) in [5.41, 5.74) is 2.91. The van der Waals surface area contributed by atoms with Gasteiger partial charge in [-0.05, 0) is 79.0 Å². The van der Waals surface area contributed by atoms with Gasteiger partial charge in [-0.2, -0.15) is 0 Å². The van der Waals surface area contributed by atoms with Crippen LogP contribution in [-0.4, -0.2) is 37.4 Å². The van der Waals surface area contributed by atoms with Gasteiger partial charge in [0.2, 0.25) is 0 Å². The van der Waals surface area contributed by atoms with Crippen LogP contribution in [0, 0.1) is 6.92 Å². The van der Waals surface area contributed by atoms with Crippen LogP contribution < -0.4 is 20.1 Å². The maximum absolute atomic E-state index is 12.2. The van der Waals surface area contributed by atoms with Gasteiger partial charge in [0.15, 0.2) is 18.1 Å². The molecule has 2 aromatic rings. The first-order chi connectivity index (χ1) is 14.0. The second-order valence-electron chi connectivity index (χ2n) is 6.65. The SMILES string of the molecule is CCOc1cc(CNCCCCO)cc(Br)c1OCC(=O)Nc1ccc(C)cc1. The molecule has 2 aromatic carbocycles. The number of carbonyl (C=O) groups excluding carboxylic acids is 1. The minimum atomic E-state index is -0.238. The molecule has 0 aliphatic heterocycles. The van der Waals surface area contributed by atoms with E-state index in [1.807, 2.05) is 50.2 Å². The molecule has 0 bridgehead atoms. The fraction of sp³-hybridized carbons (Fsp3) is 0.409. The number of amides is 1. The molecule has 0 atom stereocenters. The molecule has 0 saturated heterocycles. The van der Waals surface area contributed by atoms with Crippen LogP contribution in [0.25, 0.3) is 0 Å². The molecular weight excluding hydrogens is 436 g/mol. The van der Waals surface area contributed by atoms with Crippen molar-refractivity contribution in [2.75, 3.05) is 31.7 Å². The fourth-order valence-corrected chi connectivity index (χ4v) is 3.30. The van der Waals surface area contributed by atoms with E-state index in [0.29, 0.717) is 24.7 Å². The Morgan fingerprint density at radius 3 is 2.59 bits per heavy atom. The Bertz CT molecular complexity index is 781. The van der Waals surface area contributed by atoms with Crippen molar-refractivity contribution in [3.8, 4) is 11.5 Å². The van der Waals surface area contributed by atoms with Crippen LogP contribution in [0.5, 0.6) is 11.5 Å². The molecule has 0 aliphatic rings. The number of nitrogens with one attached hydrogen (secondary N) is 2. The van der Waals surface area contributed by atoms with Crippen molar-refractivity contribution in [1.29, 1.82) is 0 Å². The average molecular weight is 465 g/mol. The van der Waals surface area contributed by atoms with E-state index in [9.17, 15) is 4.79 Å². The van der Waals surface area contributed by atoms with Crippen LogP contribution in [0.4, 0.5) is 5.69 Å². The third-order valence-corrected chi connectivity index (χ3v) is 4.73. The van der Waals surface area contributed by atoms with E-state index in [1.165, 1.54) is 0 Å². The van der Waals surface area contributed by atoms with E-state index in [-0.39, 0.29) is 19.1 Å². The van der Waals surface area contributed by atoms with Gasteiger partial charge in [-0.15, -0.1) is 0 Å². The lowest BCUT2D eigenvalue weighted by Gasteiger charge is -2.16. The summed E-state index contributed by atoms with van der Waals surface area (Å²) in [4.78, 5) is 12.2. The molecule has 7 heteroatoms. The fourth-order valence-electron chi connectivity index (χ4n) is 2.69. The number of carbonyl (C=O) groups is 1. The Morgan fingerprint density at radius 1 is 1.14 bits per heavy atom. The predicted octanol–water partition coefficient (Wildman–Crippen LogP) is 4.04. The zero-order valence-corrected chi connectivity index (χ0v) is 18.5. The number of anilines is 1. The topological polar surface area (TPSA) is 79.8 Å². The van der Waals surface area contributed by atoms with Gasteiger partial charge in [0.05, 0.1) is 11.1 Å². The van der Waals surface area contributed by atoms with Crippen molar-refractivity contribution in [3.05, 3.63) is 52.0 Å². The molecule has 0 radical (unpaired) electrons. The van der Waals surface area contributed by atoms with Gasteiger partial charge >= 0.3 is 0 Å². The summed E-state index contributed by atoms with van der Waals surface area (Å²) in [5.74, 6) is 0.866. The third-order valence-electron chi connectivity index (χ3n) is 4.14. The number of aryl methyl sites for hydroxylation is 1. The highest BCUT2D eigenvalue weighted by molar-refractivity contribution is 9.10. The first-order valence-corrected chi connectivity index (χ1v) is 10.6. The van der Waals surface area contributed by atoms with Crippen molar-refractivity contribution in [2.45, 2.75) is 33.2 Å². The Kier molecular flexibility index (Phi) is 9.97. The van der Waals surface area contributed by atoms with E-state index in [1.54, 1.807) is 0 Å². The highest BCUT2D eigenvalue weighted by atomic mass is 79.9. The molecule has 6 nitrogen and oxygen atoms in total. The van der Waals surface area contributed by atoms with Gasteiger partial charge in [-0.3, -0.25) is 4.79 Å².